The molecule has 0 bridgehead atoms. The number of halogens is 1. The SMILES string of the molecule is COCC(CNS(=O)(=O)c1cc(Br)ccc1C)OC. The minimum atomic E-state index is -3.55. The lowest BCUT2D eigenvalue weighted by molar-refractivity contribution is 0.0320. The molecule has 0 amide bonds. The normalized spacial score (nSPS) is 13.5. The predicted molar refractivity (Wildman–Crippen MR) is 76.7 cm³/mol. The molecule has 1 rings (SSSR count). The maximum atomic E-state index is 12.2. The molecule has 1 aromatic carbocycles. The van der Waals surface area contributed by atoms with Crippen LogP contribution in [0.3, 0.4) is 0 Å². The van der Waals surface area contributed by atoms with Gasteiger partial charge in [-0.2, -0.15) is 0 Å². The Morgan fingerprint density at radius 1 is 1.37 bits per heavy atom. The van der Waals surface area contributed by atoms with Gasteiger partial charge >= 0.3 is 0 Å². The van der Waals surface area contributed by atoms with Crippen LogP contribution in [0.2, 0.25) is 0 Å². The number of nitrogens with one attached hydrogen (secondary N) is 1. The summed E-state index contributed by atoms with van der Waals surface area (Å²) in [5.74, 6) is 0. The molecule has 19 heavy (non-hydrogen) atoms. The fraction of sp³-hybridized carbons (Fsp3) is 0.500. The van der Waals surface area contributed by atoms with Crippen molar-refractivity contribution in [2.75, 3.05) is 27.4 Å². The largest absolute Gasteiger partial charge is 0.382 e. The zero-order chi connectivity index (χ0) is 14.5. The average Bonchev–Trinajstić information content (AvgIpc) is 2.37. The molecule has 1 unspecified atom stereocenters. The zero-order valence-electron chi connectivity index (χ0n) is 11.1. The molecule has 108 valence electrons. The summed E-state index contributed by atoms with van der Waals surface area (Å²) in [6.45, 7) is 2.25. The van der Waals surface area contributed by atoms with E-state index in [0.717, 1.165) is 4.47 Å². The van der Waals surface area contributed by atoms with Gasteiger partial charge in [-0.05, 0) is 24.6 Å². The lowest BCUT2D eigenvalue weighted by Crippen LogP contribution is -2.35. The third-order valence-electron chi connectivity index (χ3n) is 2.63. The highest BCUT2D eigenvalue weighted by Gasteiger charge is 2.19. The molecule has 1 N–H and O–H groups in total. The fourth-order valence-corrected chi connectivity index (χ4v) is 3.39. The number of aryl methyl sites for hydroxylation is 1. The van der Waals surface area contributed by atoms with Gasteiger partial charge in [-0.25, -0.2) is 13.1 Å². The van der Waals surface area contributed by atoms with E-state index in [1.807, 2.05) is 0 Å². The molecule has 0 fully saturated rings. The van der Waals surface area contributed by atoms with E-state index >= 15 is 0 Å². The van der Waals surface area contributed by atoms with E-state index in [1.165, 1.54) is 7.11 Å². The van der Waals surface area contributed by atoms with Crippen molar-refractivity contribution < 1.29 is 17.9 Å². The second kappa shape index (κ2) is 7.35. The number of rotatable bonds is 7. The lowest BCUT2D eigenvalue weighted by Gasteiger charge is -2.16. The van der Waals surface area contributed by atoms with Gasteiger partial charge in [0.1, 0.15) is 0 Å². The molecule has 1 atom stereocenters. The first-order chi connectivity index (χ1) is 8.90. The summed E-state index contributed by atoms with van der Waals surface area (Å²) < 4.78 is 37.7. The summed E-state index contributed by atoms with van der Waals surface area (Å²) >= 11 is 3.27. The molecule has 0 heterocycles. The van der Waals surface area contributed by atoms with Crippen LogP contribution in [0.1, 0.15) is 5.56 Å². The van der Waals surface area contributed by atoms with Gasteiger partial charge in [-0.3, -0.25) is 0 Å². The van der Waals surface area contributed by atoms with E-state index in [2.05, 4.69) is 20.7 Å². The van der Waals surface area contributed by atoms with Gasteiger partial charge in [-0.1, -0.05) is 22.0 Å². The number of benzene rings is 1. The zero-order valence-corrected chi connectivity index (χ0v) is 13.5. The lowest BCUT2D eigenvalue weighted by atomic mass is 10.2. The summed E-state index contributed by atoms with van der Waals surface area (Å²) in [7, 11) is -0.496. The highest BCUT2D eigenvalue weighted by atomic mass is 79.9. The number of sulfonamides is 1. The van der Waals surface area contributed by atoms with E-state index in [4.69, 9.17) is 9.47 Å². The summed E-state index contributed by atoms with van der Waals surface area (Å²) in [6, 6.07) is 5.13. The monoisotopic (exact) mass is 351 g/mol. The van der Waals surface area contributed by atoms with Gasteiger partial charge in [0.2, 0.25) is 10.0 Å². The maximum Gasteiger partial charge on any atom is 0.240 e. The molecule has 0 saturated heterocycles. The quantitative estimate of drug-likeness (QED) is 0.811. The van der Waals surface area contributed by atoms with Crippen molar-refractivity contribution in [1.29, 1.82) is 0 Å². The van der Waals surface area contributed by atoms with Crippen molar-refractivity contribution in [3.63, 3.8) is 0 Å². The van der Waals surface area contributed by atoms with Gasteiger partial charge in [0.15, 0.2) is 0 Å². The number of methoxy groups -OCH3 is 2. The highest BCUT2D eigenvalue weighted by Crippen LogP contribution is 2.20. The molecule has 0 spiro atoms. The summed E-state index contributed by atoms with van der Waals surface area (Å²) in [5.41, 5.74) is 0.691. The Balaban J connectivity index is 2.83. The Bertz CT molecular complexity index is 518. The molecular formula is C12H18BrNO4S. The van der Waals surface area contributed by atoms with Crippen LogP contribution in [0.15, 0.2) is 27.6 Å². The first kappa shape index (κ1) is 16.6. The van der Waals surface area contributed by atoms with E-state index in [-0.39, 0.29) is 17.5 Å². The topological polar surface area (TPSA) is 64.6 Å². The number of ether oxygens (including phenoxy) is 2. The van der Waals surface area contributed by atoms with Gasteiger partial charge in [0.05, 0.1) is 17.6 Å². The van der Waals surface area contributed by atoms with Crippen molar-refractivity contribution in [3.05, 3.63) is 28.2 Å². The smallest absolute Gasteiger partial charge is 0.240 e. The Morgan fingerprint density at radius 3 is 2.63 bits per heavy atom. The average molecular weight is 352 g/mol. The molecule has 0 aromatic heterocycles. The first-order valence-corrected chi connectivity index (χ1v) is 7.96. The molecule has 0 aliphatic rings. The van der Waals surface area contributed by atoms with Crippen LogP contribution in [0.5, 0.6) is 0 Å². The van der Waals surface area contributed by atoms with Crippen LogP contribution < -0.4 is 4.72 Å². The Hall–Kier alpha value is -0.470. The van der Waals surface area contributed by atoms with Crippen LogP contribution in [0.4, 0.5) is 0 Å². The maximum absolute atomic E-state index is 12.2. The van der Waals surface area contributed by atoms with Crippen molar-refractivity contribution in [2.45, 2.75) is 17.9 Å². The minimum Gasteiger partial charge on any atom is -0.382 e. The van der Waals surface area contributed by atoms with Crippen LogP contribution >= 0.6 is 15.9 Å². The van der Waals surface area contributed by atoms with Gasteiger partial charge in [0, 0.05) is 25.2 Å². The highest BCUT2D eigenvalue weighted by molar-refractivity contribution is 9.10. The second-order valence-electron chi connectivity index (χ2n) is 4.07. The molecule has 1 aromatic rings. The van der Waals surface area contributed by atoms with E-state index < -0.39 is 10.0 Å². The molecule has 0 saturated carbocycles. The van der Waals surface area contributed by atoms with Crippen molar-refractivity contribution >= 4 is 26.0 Å². The molecule has 0 aliphatic carbocycles. The van der Waals surface area contributed by atoms with E-state index in [9.17, 15) is 8.42 Å². The van der Waals surface area contributed by atoms with Crippen molar-refractivity contribution in [2.24, 2.45) is 0 Å². The molecule has 5 nitrogen and oxygen atoms in total. The van der Waals surface area contributed by atoms with Crippen LogP contribution in [0, 0.1) is 6.92 Å². The number of hydrogen-bond donors (Lipinski definition) is 1. The van der Waals surface area contributed by atoms with Crippen LogP contribution in [0.25, 0.3) is 0 Å². The summed E-state index contributed by atoms with van der Waals surface area (Å²) in [6.07, 6.45) is -0.313. The van der Waals surface area contributed by atoms with Gasteiger partial charge in [0.25, 0.3) is 0 Å². The van der Waals surface area contributed by atoms with Gasteiger partial charge < -0.3 is 9.47 Å². The van der Waals surface area contributed by atoms with E-state index in [0.29, 0.717) is 12.2 Å². The van der Waals surface area contributed by atoms with Crippen molar-refractivity contribution in [3.8, 4) is 0 Å². The molecule has 7 heteroatoms. The molecule has 0 aliphatic heterocycles. The fourth-order valence-electron chi connectivity index (χ4n) is 1.54. The Morgan fingerprint density at radius 2 is 2.05 bits per heavy atom. The van der Waals surface area contributed by atoms with Gasteiger partial charge in [-0.15, -0.1) is 0 Å². The standard InChI is InChI=1S/C12H18BrNO4S/c1-9-4-5-10(13)6-12(9)19(15,16)14-7-11(18-3)8-17-2/h4-6,11,14H,7-8H2,1-3H3. The van der Waals surface area contributed by atoms with Crippen molar-refractivity contribution in [1.82, 2.24) is 4.72 Å². The number of hydrogen-bond acceptors (Lipinski definition) is 4. The summed E-state index contributed by atoms with van der Waals surface area (Å²) in [4.78, 5) is 0.258. The van der Waals surface area contributed by atoms with E-state index in [1.54, 1.807) is 32.2 Å². The summed E-state index contributed by atoms with van der Waals surface area (Å²) in [5, 5.41) is 0. The Kier molecular flexibility index (Phi) is 6.41. The third-order valence-corrected chi connectivity index (χ3v) is 4.69. The second-order valence-corrected chi connectivity index (χ2v) is 6.73. The first-order valence-electron chi connectivity index (χ1n) is 5.68. The van der Waals surface area contributed by atoms with Crippen LogP contribution in [-0.2, 0) is 19.5 Å². The Labute approximate surface area is 122 Å². The molecule has 0 radical (unpaired) electrons. The predicted octanol–water partition coefficient (Wildman–Crippen LogP) is 1.70. The third kappa shape index (κ3) is 4.85. The minimum absolute atomic E-state index is 0.165. The molecular weight excluding hydrogens is 334 g/mol. The van der Waals surface area contributed by atoms with Crippen LogP contribution in [-0.4, -0.2) is 41.9 Å².